The largest absolute Gasteiger partial charge is 0.530 e. The van der Waals surface area contributed by atoms with Gasteiger partial charge >= 0.3 is 14.6 Å². The van der Waals surface area contributed by atoms with Crippen molar-refractivity contribution in [3.8, 4) is 17.2 Å². The summed E-state index contributed by atoms with van der Waals surface area (Å²) in [5, 5.41) is 0. The molecule has 0 fully saturated rings. The molecular formula is C25H27O5P. The topological polar surface area (TPSA) is 54.0 Å². The third-order valence-electron chi connectivity index (χ3n) is 3.85. The van der Waals surface area contributed by atoms with E-state index in [1.54, 1.807) is 0 Å². The van der Waals surface area contributed by atoms with Crippen LogP contribution in [0.15, 0.2) is 85.6 Å². The number of carbonyl (C=O) groups excluding carboxylic acids is 1. The first-order valence-corrected chi connectivity index (χ1v) is 10.8. The molecule has 0 atom stereocenters. The van der Waals surface area contributed by atoms with Gasteiger partial charge in [-0.05, 0) is 57.2 Å². The fourth-order valence-corrected chi connectivity index (χ4v) is 3.22. The van der Waals surface area contributed by atoms with E-state index in [0.29, 0.717) is 0 Å². The fraction of sp³-hybridized carbons (Fsp3) is 0.160. The van der Waals surface area contributed by atoms with Crippen molar-refractivity contribution in [2.45, 2.75) is 27.7 Å². The smallest absolute Gasteiger partial charge is 0.435 e. The maximum absolute atomic E-state index is 9.75. The van der Waals surface area contributed by atoms with E-state index in [0.717, 1.165) is 23.5 Å². The van der Waals surface area contributed by atoms with Gasteiger partial charge in [0.2, 0.25) is 0 Å². The zero-order chi connectivity index (χ0) is 22.6. The van der Waals surface area contributed by atoms with Crippen molar-refractivity contribution in [3.63, 3.8) is 0 Å². The van der Waals surface area contributed by atoms with Gasteiger partial charge in [0.05, 0.1) is 6.26 Å². The average molecular weight is 438 g/mol. The Balaban J connectivity index is 0.000000501. The quantitative estimate of drug-likeness (QED) is 0.224. The minimum absolute atomic E-state index is 0.329. The summed E-state index contributed by atoms with van der Waals surface area (Å²) in [7, 11) is -1.62. The lowest BCUT2D eigenvalue weighted by Crippen LogP contribution is -2.02. The average Bonchev–Trinajstić information content (AvgIpc) is 2.73. The molecule has 0 N–H and O–H groups in total. The van der Waals surface area contributed by atoms with Gasteiger partial charge in [0.1, 0.15) is 17.2 Å². The van der Waals surface area contributed by atoms with Crippen molar-refractivity contribution in [2.75, 3.05) is 0 Å². The van der Waals surface area contributed by atoms with Crippen LogP contribution in [0.3, 0.4) is 0 Å². The SMILES string of the molecule is C=COC(C)=O.Cc1ccc(OP(Oc2ccc(C)cc2)Oc2ccc(C)cc2)cc1. The van der Waals surface area contributed by atoms with Gasteiger partial charge in [0.15, 0.2) is 0 Å². The second kappa shape index (κ2) is 12.4. The maximum atomic E-state index is 9.75. The maximum Gasteiger partial charge on any atom is 0.530 e. The first kappa shape index (κ1) is 24.0. The van der Waals surface area contributed by atoms with Crippen molar-refractivity contribution in [1.82, 2.24) is 0 Å². The molecular weight excluding hydrogens is 411 g/mol. The molecule has 162 valence electrons. The Hall–Kier alpha value is -3.30. The number of ether oxygens (including phenoxy) is 1. The number of benzene rings is 3. The molecule has 3 rings (SSSR count). The third-order valence-corrected chi connectivity index (χ3v) is 4.93. The highest BCUT2D eigenvalue weighted by molar-refractivity contribution is 7.43. The first-order chi connectivity index (χ1) is 14.9. The highest BCUT2D eigenvalue weighted by Crippen LogP contribution is 2.42. The predicted octanol–water partition coefficient (Wildman–Crippen LogP) is 7.07. The molecule has 0 unspecified atom stereocenters. The number of aryl methyl sites for hydroxylation is 3. The van der Waals surface area contributed by atoms with Gasteiger partial charge in [0, 0.05) is 6.92 Å². The summed E-state index contributed by atoms with van der Waals surface area (Å²) >= 11 is 0. The van der Waals surface area contributed by atoms with Crippen molar-refractivity contribution in [3.05, 3.63) is 102 Å². The Morgan fingerprint density at radius 1 is 0.677 bits per heavy atom. The molecule has 0 bridgehead atoms. The second-order valence-corrected chi connectivity index (χ2v) is 7.71. The van der Waals surface area contributed by atoms with Crippen molar-refractivity contribution < 1.29 is 23.1 Å². The Labute approximate surface area is 185 Å². The standard InChI is InChI=1S/C21H21O3P.C4H6O2/c1-16-4-10-19(11-5-16)22-25(23-20-12-6-17(2)7-13-20)24-21-14-8-18(3)9-15-21;1-3-6-4(2)5/h4-15H,1-3H3;3H,1H2,2H3. The summed E-state index contributed by atoms with van der Waals surface area (Å²) < 4.78 is 22.0. The van der Waals surface area contributed by atoms with Crippen molar-refractivity contribution in [2.24, 2.45) is 0 Å². The molecule has 31 heavy (non-hydrogen) atoms. The van der Waals surface area contributed by atoms with Gasteiger partial charge in [-0.2, -0.15) is 0 Å². The fourth-order valence-electron chi connectivity index (χ4n) is 2.23. The van der Waals surface area contributed by atoms with E-state index in [-0.39, 0.29) is 5.97 Å². The highest BCUT2D eigenvalue weighted by Gasteiger charge is 2.19. The summed E-state index contributed by atoms with van der Waals surface area (Å²) in [5.74, 6) is 1.83. The lowest BCUT2D eigenvalue weighted by atomic mass is 10.2. The minimum atomic E-state index is -1.62. The number of hydrogen-bond donors (Lipinski definition) is 0. The molecule has 5 nitrogen and oxygen atoms in total. The summed E-state index contributed by atoms with van der Waals surface area (Å²) in [4.78, 5) is 9.75. The van der Waals surface area contributed by atoms with Gasteiger partial charge in [-0.25, -0.2) is 0 Å². The first-order valence-electron chi connectivity index (χ1n) is 9.68. The Kier molecular flexibility index (Phi) is 9.60. The van der Waals surface area contributed by atoms with Crippen LogP contribution in [-0.4, -0.2) is 5.97 Å². The summed E-state index contributed by atoms with van der Waals surface area (Å²) in [6.45, 7) is 10.6. The van der Waals surface area contributed by atoms with Crippen LogP contribution in [0.1, 0.15) is 23.6 Å². The van der Waals surface area contributed by atoms with Gasteiger partial charge < -0.3 is 18.3 Å². The molecule has 3 aromatic rings. The van der Waals surface area contributed by atoms with Crippen LogP contribution in [0.25, 0.3) is 0 Å². The molecule has 0 saturated heterocycles. The molecule has 0 saturated carbocycles. The molecule has 0 aliphatic rings. The van der Waals surface area contributed by atoms with E-state index >= 15 is 0 Å². The molecule has 0 heterocycles. The van der Waals surface area contributed by atoms with Crippen LogP contribution < -0.4 is 13.6 Å². The van der Waals surface area contributed by atoms with Gasteiger partial charge in [-0.3, -0.25) is 4.79 Å². The zero-order valence-corrected chi connectivity index (χ0v) is 19.1. The molecule has 0 radical (unpaired) electrons. The van der Waals surface area contributed by atoms with Crippen LogP contribution in [0.2, 0.25) is 0 Å². The van der Waals surface area contributed by atoms with E-state index in [9.17, 15) is 4.79 Å². The lowest BCUT2D eigenvalue weighted by molar-refractivity contribution is -0.135. The molecule has 0 aromatic heterocycles. The lowest BCUT2D eigenvalue weighted by Gasteiger charge is -2.18. The van der Waals surface area contributed by atoms with E-state index in [4.69, 9.17) is 13.6 Å². The van der Waals surface area contributed by atoms with E-state index in [2.05, 4.69) is 11.3 Å². The van der Waals surface area contributed by atoms with E-state index in [1.807, 2.05) is 93.6 Å². The normalized spacial score (nSPS) is 9.84. The zero-order valence-electron chi connectivity index (χ0n) is 18.2. The molecule has 0 amide bonds. The molecule has 6 heteroatoms. The number of esters is 1. The number of hydrogen-bond acceptors (Lipinski definition) is 5. The second-order valence-electron chi connectivity index (χ2n) is 6.71. The monoisotopic (exact) mass is 438 g/mol. The van der Waals surface area contributed by atoms with Crippen LogP contribution >= 0.6 is 8.60 Å². The Morgan fingerprint density at radius 3 is 1.16 bits per heavy atom. The number of rotatable bonds is 7. The predicted molar refractivity (Wildman–Crippen MR) is 124 cm³/mol. The van der Waals surface area contributed by atoms with Gasteiger partial charge in [-0.1, -0.05) is 59.7 Å². The third kappa shape index (κ3) is 9.37. The summed E-state index contributed by atoms with van der Waals surface area (Å²) in [6, 6.07) is 23.5. The number of carbonyl (C=O) groups is 1. The van der Waals surface area contributed by atoms with Crippen LogP contribution in [0.5, 0.6) is 17.2 Å². The van der Waals surface area contributed by atoms with Crippen LogP contribution in [-0.2, 0) is 9.53 Å². The molecule has 0 aliphatic carbocycles. The summed E-state index contributed by atoms with van der Waals surface area (Å²) in [6.07, 6.45) is 1.10. The Bertz CT molecular complexity index is 838. The van der Waals surface area contributed by atoms with E-state index in [1.165, 1.54) is 23.6 Å². The van der Waals surface area contributed by atoms with E-state index < -0.39 is 8.60 Å². The highest BCUT2D eigenvalue weighted by atomic mass is 31.2. The van der Waals surface area contributed by atoms with Crippen LogP contribution in [0.4, 0.5) is 0 Å². The van der Waals surface area contributed by atoms with Gasteiger partial charge in [0.25, 0.3) is 0 Å². The molecule has 0 aliphatic heterocycles. The van der Waals surface area contributed by atoms with Crippen molar-refractivity contribution >= 4 is 14.6 Å². The minimum Gasteiger partial charge on any atom is -0.435 e. The van der Waals surface area contributed by atoms with Crippen molar-refractivity contribution in [1.29, 1.82) is 0 Å². The molecule has 0 spiro atoms. The van der Waals surface area contributed by atoms with Crippen LogP contribution in [0, 0.1) is 20.8 Å². The van der Waals surface area contributed by atoms with Gasteiger partial charge in [-0.15, -0.1) is 0 Å². The molecule has 3 aromatic carbocycles. The Morgan fingerprint density at radius 2 is 0.968 bits per heavy atom. The summed E-state index contributed by atoms with van der Waals surface area (Å²) in [5.41, 5.74) is 3.53.